The molecule has 0 saturated heterocycles. The lowest BCUT2D eigenvalue weighted by Gasteiger charge is -1.97. The standard InChI is InChI=1S/C12H14Br2S2Si2/c1-17(2)9-5-7(13)11(15-9)12-8(14)6-10(16-12)18(3)4/h5-6H,1-4H3. The molecule has 0 aromatic carbocycles. The summed E-state index contributed by atoms with van der Waals surface area (Å²) in [5.41, 5.74) is 0. The van der Waals surface area contributed by atoms with Crippen LogP contribution in [0.3, 0.4) is 0 Å². The van der Waals surface area contributed by atoms with Crippen molar-refractivity contribution >= 4 is 81.1 Å². The van der Waals surface area contributed by atoms with Crippen molar-refractivity contribution in [2.24, 2.45) is 0 Å². The van der Waals surface area contributed by atoms with E-state index in [0.29, 0.717) is 0 Å². The topological polar surface area (TPSA) is 0 Å². The molecule has 0 amide bonds. The number of halogens is 2. The van der Waals surface area contributed by atoms with Crippen molar-refractivity contribution in [1.29, 1.82) is 0 Å². The highest BCUT2D eigenvalue weighted by atomic mass is 79.9. The van der Waals surface area contributed by atoms with Gasteiger partial charge in [-0.05, 0) is 53.0 Å². The number of thiophene rings is 2. The first kappa shape index (κ1) is 15.2. The molecule has 6 heteroatoms. The van der Waals surface area contributed by atoms with Crippen LogP contribution in [0.1, 0.15) is 0 Å². The van der Waals surface area contributed by atoms with Gasteiger partial charge < -0.3 is 0 Å². The minimum Gasteiger partial charge on any atom is -0.143 e. The van der Waals surface area contributed by atoms with E-state index in [4.69, 9.17) is 0 Å². The van der Waals surface area contributed by atoms with Crippen LogP contribution in [-0.4, -0.2) is 17.6 Å². The van der Waals surface area contributed by atoms with Crippen molar-refractivity contribution in [3.63, 3.8) is 0 Å². The zero-order chi connectivity index (χ0) is 13.4. The maximum absolute atomic E-state index is 3.72. The zero-order valence-corrected chi connectivity index (χ0v) is 17.5. The smallest absolute Gasteiger partial charge is 0.0928 e. The van der Waals surface area contributed by atoms with Crippen LogP contribution < -0.4 is 9.00 Å². The van der Waals surface area contributed by atoms with Crippen LogP contribution in [0.4, 0.5) is 0 Å². The molecule has 0 N–H and O–H groups in total. The van der Waals surface area contributed by atoms with Crippen LogP contribution in [-0.2, 0) is 0 Å². The van der Waals surface area contributed by atoms with Gasteiger partial charge in [-0.2, -0.15) is 0 Å². The quantitative estimate of drug-likeness (QED) is 0.597. The van der Waals surface area contributed by atoms with E-state index in [1.54, 1.807) is 9.00 Å². The van der Waals surface area contributed by atoms with Crippen LogP contribution in [0.2, 0.25) is 26.2 Å². The summed E-state index contributed by atoms with van der Waals surface area (Å²) in [7, 11) is -0.716. The van der Waals surface area contributed by atoms with E-state index in [-0.39, 0.29) is 17.6 Å². The molecule has 0 bridgehead atoms. The highest BCUT2D eigenvalue weighted by molar-refractivity contribution is 9.11. The first-order valence-corrected chi connectivity index (χ1v) is 13.8. The fourth-order valence-electron chi connectivity index (χ4n) is 1.54. The van der Waals surface area contributed by atoms with Gasteiger partial charge in [0.05, 0.1) is 27.3 Å². The summed E-state index contributed by atoms with van der Waals surface area (Å²) in [5.74, 6) is 0. The average Bonchev–Trinajstić information content (AvgIpc) is 2.82. The van der Waals surface area contributed by atoms with Crippen molar-refractivity contribution < 1.29 is 0 Å². The molecule has 0 spiro atoms. The lowest BCUT2D eigenvalue weighted by Crippen LogP contribution is -2.17. The molecule has 0 aliphatic carbocycles. The maximum Gasteiger partial charge on any atom is 0.0928 e. The van der Waals surface area contributed by atoms with E-state index >= 15 is 0 Å². The van der Waals surface area contributed by atoms with Gasteiger partial charge in [0.1, 0.15) is 0 Å². The van der Waals surface area contributed by atoms with E-state index in [1.807, 2.05) is 22.7 Å². The second-order valence-electron chi connectivity index (χ2n) is 4.58. The largest absolute Gasteiger partial charge is 0.143 e. The lowest BCUT2D eigenvalue weighted by atomic mass is 10.4. The third kappa shape index (κ3) is 3.09. The Bertz CT molecular complexity index is 508. The fraction of sp³-hybridized carbons (Fsp3) is 0.333. The molecule has 2 aromatic rings. The third-order valence-electron chi connectivity index (χ3n) is 2.57. The van der Waals surface area contributed by atoms with E-state index in [9.17, 15) is 0 Å². The zero-order valence-electron chi connectivity index (χ0n) is 10.7. The molecule has 96 valence electrons. The minimum atomic E-state index is -0.358. The van der Waals surface area contributed by atoms with Gasteiger partial charge in [-0.1, -0.05) is 26.2 Å². The van der Waals surface area contributed by atoms with Gasteiger partial charge in [-0.3, -0.25) is 0 Å². The molecule has 0 aliphatic heterocycles. The second kappa shape index (κ2) is 6.05. The van der Waals surface area contributed by atoms with E-state index in [2.05, 4.69) is 70.2 Å². The third-order valence-corrected chi connectivity index (χ3v) is 11.7. The van der Waals surface area contributed by atoms with Gasteiger partial charge in [0, 0.05) is 8.95 Å². The molecule has 18 heavy (non-hydrogen) atoms. The van der Waals surface area contributed by atoms with Gasteiger partial charge >= 0.3 is 0 Å². The van der Waals surface area contributed by atoms with Crippen LogP contribution in [0.5, 0.6) is 0 Å². The molecule has 2 heterocycles. The van der Waals surface area contributed by atoms with Crippen molar-refractivity contribution in [2.45, 2.75) is 26.2 Å². The predicted molar refractivity (Wildman–Crippen MR) is 97.3 cm³/mol. The first-order valence-electron chi connectivity index (χ1n) is 5.60. The molecule has 2 rings (SSSR count). The summed E-state index contributed by atoms with van der Waals surface area (Å²) in [5, 5.41) is 0. The highest BCUT2D eigenvalue weighted by Gasteiger charge is 2.18. The number of hydrogen-bond donors (Lipinski definition) is 0. The summed E-state index contributed by atoms with van der Waals surface area (Å²) in [6, 6.07) is 4.62. The molecule has 2 aromatic heterocycles. The van der Waals surface area contributed by atoms with Crippen LogP contribution >= 0.6 is 54.5 Å². The Morgan fingerprint density at radius 2 is 1.11 bits per heavy atom. The Labute approximate surface area is 137 Å². The van der Waals surface area contributed by atoms with Crippen molar-refractivity contribution in [3.8, 4) is 9.75 Å². The Balaban J connectivity index is 2.48. The molecule has 0 unspecified atom stereocenters. The van der Waals surface area contributed by atoms with Gasteiger partial charge in [-0.25, -0.2) is 0 Å². The predicted octanol–water partition coefficient (Wildman–Crippen LogP) is 4.92. The van der Waals surface area contributed by atoms with Gasteiger partial charge in [0.15, 0.2) is 0 Å². The molecule has 0 saturated carbocycles. The van der Waals surface area contributed by atoms with E-state index < -0.39 is 0 Å². The lowest BCUT2D eigenvalue weighted by molar-refractivity contribution is 1.81. The molecular weight excluding hydrogens is 424 g/mol. The van der Waals surface area contributed by atoms with Gasteiger partial charge in [-0.15, -0.1) is 22.7 Å². The summed E-state index contributed by atoms with van der Waals surface area (Å²) in [4.78, 5) is 2.78. The Morgan fingerprint density at radius 1 is 0.778 bits per heavy atom. The maximum atomic E-state index is 3.72. The number of hydrogen-bond acceptors (Lipinski definition) is 2. The van der Waals surface area contributed by atoms with E-state index in [0.717, 1.165) is 0 Å². The van der Waals surface area contributed by atoms with Crippen LogP contribution in [0.15, 0.2) is 21.1 Å². The molecule has 0 nitrogen and oxygen atoms in total. The summed E-state index contributed by atoms with van der Waals surface area (Å²) in [6.45, 7) is 9.39. The molecule has 0 atom stereocenters. The monoisotopic (exact) mass is 436 g/mol. The number of rotatable bonds is 3. The average molecular weight is 438 g/mol. The van der Waals surface area contributed by atoms with Crippen molar-refractivity contribution in [2.75, 3.05) is 0 Å². The SMILES string of the molecule is C[Si](C)c1cc(Br)c(-c2sc([Si](C)C)cc2Br)s1. The Morgan fingerprint density at radius 3 is 1.33 bits per heavy atom. The minimum absolute atomic E-state index is 0.358. The van der Waals surface area contributed by atoms with Crippen LogP contribution in [0, 0.1) is 0 Å². The fourth-order valence-corrected chi connectivity index (χ4v) is 8.74. The Hall–Kier alpha value is 0.794. The normalized spacial score (nSPS) is 11.8. The highest BCUT2D eigenvalue weighted by Crippen LogP contribution is 2.40. The van der Waals surface area contributed by atoms with Crippen molar-refractivity contribution in [3.05, 3.63) is 21.1 Å². The van der Waals surface area contributed by atoms with Gasteiger partial charge in [0.2, 0.25) is 0 Å². The second-order valence-corrected chi connectivity index (χ2v) is 14.2. The first-order chi connectivity index (χ1) is 8.40. The van der Waals surface area contributed by atoms with E-state index in [1.165, 1.54) is 18.7 Å². The van der Waals surface area contributed by atoms with Crippen LogP contribution in [0.25, 0.3) is 9.75 Å². The molecule has 2 radical (unpaired) electrons. The summed E-state index contributed by atoms with van der Waals surface area (Å²) in [6.07, 6.45) is 0. The van der Waals surface area contributed by atoms with Crippen molar-refractivity contribution in [1.82, 2.24) is 0 Å². The molecule has 0 aliphatic rings. The molecular formula is C12H14Br2S2Si2. The Kier molecular flexibility index (Phi) is 5.11. The van der Waals surface area contributed by atoms with Gasteiger partial charge in [0.25, 0.3) is 0 Å². The summed E-state index contributed by atoms with van der Waals surface area (Å²) >= 11 is 11.3. The molecule has 0 fully saturated rings. The summed E-state index contributed by atoms with van der Waals surface area (Å²) < 4.78 is 5.59.